The van der Waals surface area contributed by atoms with Crippen molar-refractivity contribution in [2.24, 2.45) is 17.3 Å². The smallest absolute Gasteiger partial charge is 0.316 e. The quantitative estimate of drug-likeness (QED) is 0.728. The summed E-state index contributed by atoms with van der Waals surface area (Å²) >= 11 is 0. The number of carboxylic acid groups (broad SMARTS) is 1. The highest BCUT2D eigenvalue weighted by molar-refractivity contribution is 5.97. The molecular weight excluding hydrogens is 218 g/mol. The van der Waals surface area contributed by atoms with E-state index >= 15 is 0 Å². The number of rotatable bonds is 5. The Morgan fingerprint density at radius 2 is 1.71 bits per heavy atom. The molecule has 0 saturated carbocycles. The monoisotopic (exact) mass is 243 g/mol. The van der Waals surface area contributed by atoms with E-state index in [4.69, 9.17) is 5.11 Å². The third-order valence-electron chi connectivity index (χ3n) is 3.24. The number of amides is 1. The molecule has 0 rings (SSSR count). The molecule has 100 valence electrons. The summed E-state index contributed by atoms with van der Waals surface area (Å²) < 4.78 is 0. The SMILES string of the molecule is CCC(C)C(C)NC(=O)C(C(=O)O)C(C)(C)C. The maximum absolute atomic E-state index is 12.0. The lowest BCUT2D eigenvalue weighted by atomic mass is 9.80. The van der Waals surface area contributed by atoms with E-state index in [9.17, 15) is 9.59 Å². The molecule has 1 amide bonds. The van der Waals surface area contributed by atoms with Gasteiger partial charge in [0, 0.05) is 6.04 Å². The van der Waals surface area contributed by atoms with E-state index in [-0.39, 0.29) is 6.04 Å². The Morgan fingerprint density at radius 3 is 2.00 bits per heavy atom. The third kappa shape index (κ3) is 4.75. The van der Waals surface area contributed by atoms with E-state index < -0.39 is 23.2 Å². The van der Waals surface area contributed by atoms with Crippen LogP contribution in [0.3, 0.4) is 0 Å². The van der Waals surface area contributed by atoms with Crippen LogP contribution >= 0.6 is 0 Å². The number of hydrogen-bond donors (Lipinski definition) is 2. The molecule has 0 aromatic carbocycles. The molecule has 0 aromatic rings. The van der Waals surface area contributed by atoms with E-state index in [1.807, 2.05) is 20.8 Å². The zero-order valence-corrected chi connectivity index (χ0v) is 11.7. The van der Waals surface area contributed by atoms with Crippen molar-refractivity contribution in [3.8, 4) is 0 Å². The molecule has 0 aliphatic heterocycles. The summed E-state index contributed by atoms with van der Waals surface area (Å²) in [5, 5.41) is 11.9. The first kappa shape index (κ1) is 15.9. The number of hydrogen-bond acceptors (Lipinski definition) is 2. The molecular formula is C13H25NO3. The van der Waals surface area contributed by atoms with E-state index in [1.54, 1.807) is 20.8 Å². The van der Waals surface area contributed by atoms with E-state index in [0.29, 0.717) is 5.92 Å². The Kier molecular flexibility index (Phi) is 5.66. The molecule has 0 aromatic heterocycles. The fraction of sp³-hybridized carbons (Fsp3) is 0.846. The molecule has 4 heteroatoms. The standard InChI is InChI=1S/C13H25NO3/c1-7-8(2)9(3)14-11(15)10(12(16)17)13(4,5)6/h8-10H,7H2,1-6H3,(H,14,15)(H,16,17). The number of nitrogens with one attached hydrogen (secondary N) is 1. The maximum atomic E-state index is 12.0. The topological polar surface area (TPSA) is 66.4 Å². The maximum Gasteiger partial charge on any atom is 0.316 e. The number of carbonyl (C=O) groups excluding carboxylic acids is 1. The second-order valence-electron chi connectivity index (χ2n) is 5.82. The Labute approximate surface area is 104 Å². The predicted molar refractivity (Wildman–Crippen MR) is 67.6 cm³/mol. The largest absolute Gasteiger partial charge is 0.481 e. The van der Waals surface area contributed by atoms with Gasteiger partial charge in [-0.15, -0.1) is 0 Å². The second-order valence-corrected chi connectivity index (χ2v) is 5.82. The van der Waals surface area contributed by atoms with Gasteiger partial charge in [0.15, 0.2) is 0 Å². The minimum absolute atomic E-state index is 0.00306. The summed E-state index contributed by atoms with van der Waals surface area (Å²) in [5.41, 5.74) is -0.578. The van der Waals surface area contributed by atoms with E-state index in [1.165, 1.54) is 0 Å². The van der Waals surface area contributed by atoms with Crippen molar-refractivity contribution in [2.45, 2.75) is 54.0 Å². The van der Waals surface area contributed by atoms with Gasteiger partial charge in [-0.3, -0.25) is 9.59 Å². The van der Waals surface area contributed by atoms with Gasteiger partial charge in [-0.05, 0) is 18.3 Å². The minimum atomic E-state index is -1.06. The van der Waals surface area contributed by atoms with Crippen LogP contribution in [0.5, 0.6) is 0 Å². The first-order chi connectivity index (χ1) is 7.61. The van der Waals surface area contributed by atoms with E-state index in [0.717, 1.165) is 6.42 Å². The van der Waals surface area contributed by atoms with Gasteiger partial charge in [0.25, 0.3) is 0 Å². The fourth-order valence-corrected chi connectivity index (χ4v) is 1.68. The van der Waals surface area contributed by atoms with Crippen LogP contribution in [0, 0.1) is 17.3 Å². The van der Waals surface area contributed by atoms with Crippen molar-refractivity contribution in [3.05, 3.63) is 0 Å². The van der Waals surface area contributed by atoms with Gasteiger partial charge in [-0.25, -0.2) is 0 Å². The molecule has 17 heavy (non-hydrogen) atoms. The lowest BCUT2D eigenvalue weighted by Crippen LogP contribution is -2.47. The summed E-state index contributed by atoms with van der Waals surface area (Å²) in [4.78, 5) is 23.1. The first-order valence-electron chi connectivity index (χ1n) is 6.14. The Morgan fingerprint density at radius 1 is 1.24 bits per heavy atom. The highest BCUT2D eigenvalue weighted by atomic mass is 16.4. The zero-order valence-electron chi connectivity index (χ0n) is 11.7. The molecule has 0 spiro atoms. The van der Waals surface area contributed by atoms with Crippen LogP contribution in [-0.2, 0) is 9.59 Å². The highest BCUT2D eigenvalue weighted by Gasteiger charge is 2.38. The molecule has 0 bridgehead atoms. The van der Waals surface area contributed by atoms with Gasteiger partial charge >= 0.3 is 5.97 Å². The summed E-state index contributed by atoms with van der Waals surface area (Å²) in [6.45, 7) is 11.3. The average Bonchev–Trinajstić information content (AvgIpc) is 2.12. The lowest BCUT2D eigenvalue weighted by molar-refractivity contribution is -0.151. The molecule has 0 fully saturated rings. The van der Waals surface area contributed by atoms with Crippen LogP contribution in [0.25, 0.3) is 0 Å². The van der Waals surface area contributed by atoms with Crippen LogP contribution < -0.4 is 5.32 Å². The Bertz CT molecular complexity index is 281. The van der Waals surface area contributed by atoms with Crippen molar-refractivity contribution in [2.75, 3.05) is 0 Å². The zero-order chi connectivity index (χ0) is 13.8. The van der Waals surface area contributed by atoms with Crippen molar-refractivity contribution < 1.29 is 14.7 Å². The van der Waals surface area contributed by atoms with Crippen LogP contribution in [0.2, 0.25) is 0 Å². The number of aliphatic carboxylic acids is 1. The normalized spacial score (nSPS) is 17.1. The minimum Gasteiger partial charge on any atom is -0.481 e. The second kappa shape index (κ2) is 6.03. The summed E-state index contributed by atoms with van der Waals surface area (Å²) in [5.74, 6) is -2.12. The van der Waals surface area contributed by atoms with Crippen LogP contribution in [0.15, 0.2) is 0 Å². The van der Waals surface area contributed by atoms with Gasteiger partial charge < -0.3 is 10.4 Å². The molecule has 4 nitrogen and oxygen atoms in total. The predicted octanol–water partition coefficient (Wildman–Crippen LogP) is 2.28. The summed E-state index contributed by atoms with van der Waals surface area (Å²) in [6.07, 6.45) is 0.953. The van der Waals surface area contributed by atoms with Crippen molar-refractivity contribution in [1.82, 2.24) is 5.32 Å². The number of carbonyl (C=O) groups is 2. The average molecular weight is 243 g/mol. The molecule has 0 aliphatic rings. The van der Waals surface area contributed by atoms with Crippen molar-refractivity contribution in [3.63, 3.8) is 0 Å². The van der Waals surface area contributed by atoms with Crippen molar-refractivity contribution in [1.29, 1.82) is 0 Å². The summed E-state index contributed by atoms with van der Waals surface area (Å²) in [6, 6.07) is -0.00306. The molecule has 0 saturated heterocycles. The van der Waals surface area contributed by atoms with Crippen LogP contribution in [-0.4, -0.2) is 23.0 Å². The van der Waals surface area contributed by atoms with Gasteiger partial charge in [0.2, 0.25) is 5.91 Å². The molecule has 3 atom stereocenters. The van der Waals surface area contributed by atoms with Crippen molar-refractivity contribution >= 4 is 11.9 Å². The van der Waals surface area contributed by atoms with Crippen LogP contribution in [0.1, 0.15) is 48.0 Å². The fourth-order valence-electron chi connectivity index (χ4n) is 1.68. The molecule has 2 N–H and O–H groups in total. The highest BCUT2D eigenvalue weighted by Crippen LogP contribution is 2.26. The van der Waals surface area contributed by atoms with Gasteiger partial charge in [-0.2, -0.15) is 0 Å². The Hall–Kier alpha value is -1.06. The summed E-state index contributed by atoms with van der Waals surface area (Å²) in [7, 11) is 0. The van der Waals surface area contributed by atoms with Crippen LogP contribution in [0.4, 0.5) is 0 Å². The third-order valence-corrected chi connectivity index (χ3v) is 3.24. The lowest BCUT2D eigenvalue weighted by Gasteiger charge is -2.28. The van der Waals surface area contributed by atoms with Gasteiger partial charge in [-0.1, -0.05) is 41.0 Å². The Balaban J connectivity index is 4.72. The molecule has 0 heterocycles. The molecule has 0 aliphatic carbocycles. The molecule has 3 unspecified atom stereocenters. The van der Waals surface area contributed by atoms with Gasteiger partial charge in [0.1, 0.15) is 5.92 Å². The number of carboxylic acids is 1. The van der Waals surface area contributed by atoms with Gasteiger partial charge in [0.05, 0.1) is 0 Å². The first-order valence-corrected chi connectivity index (χ1v) is 6.14. The molecule has 0 radical (unpaired) electrons. The van der Waals surface area contributed by atoms with E-state index in [2.05, 4.69) is 5.32 Å².